The van der Waals surface area contributed by atoms with E-state index in [2.05, 4.69) is 15.9 Å². The average Bonchev–Trinajstić information content (AvgIpc) is 2.89. The van der Waals surface area contributed by atoms with E-state index in [4.69, 9.17) is 4.74 Å². The lowest BCUT2D eigenvalue weighted by Crippen LogP contribution is -2.21. The standard InChI is InChI=1S/C15H21BrO3/c16-14-7-3-6-12(9-17)15(14)19-10-13(18)8-11-4-1-2-5-11/h3,6-7,11,13,17-18H,1-2,4-5,8-10H2. The molecule has 2 rings (SSSR count). The molecule has 0 bridgehead atoms. The number of halogens is 1. The van der Waals surface area contributed by atoms with Gasteiger partial charge in [0, 0.05) is 5.56 Å². The molecule has 106 valence electrons. The second kappa shape index (κ2) is 7.27. The topological polar surface area (TPSA) is 49.7 Å². The third-order valence-corrected chi connectivity index (χ3v) is 4.34. The van der Waals surface area contributed by atoms with Crippen LogP contribution in [0.5, 0.6) is 5.75 Å². The van der Waals surface area contributed by atoms with Gasteiger partial charge in [0.1, 0.15) is 12.4 Å². The molecule has 1 unspecified atom stereocenters. The minimum Gasteiger partial charge on any atom is -0.489 e. The molecule has 1 aliphatic rings. The molecule has 4 heteroatoms. The molecule has 1 aliphatic carbocycles. The third kappa shape index (κ3) is 4.20. The highest BCUT2D eigenvalue weighted by atomic mass is 79.9. The van der Waals surface area contributed by atoms with Crippen molar-refractivity contribution in [1.82, 2.24) is 0 Å². The summed E-state index contributed by atoms with van der Waals surface area (Å²) >= 11 is 3.41. The molecule has 0 radical (unpaired) electrons. The van der Waals surface area contributed by atoms with E-state index in [0.717, 1.165) is 16.5 Å². The normalized spacial score (nSPS) is 17.6. The predicted molar refractivity (Wildman–Crippen MR) is 78.1 cm³/mol. The molecule has 0 aliphatic heterocycles. The molecular formula is C15H21BrO3. The Morgan fingerprint density at radius 3 is 2.74 bits per heavy atom. The number of hydrogen-bond acceptors (Lipinski definition) is 3. The molecule has 19 heavy (non-hydrogen) atoms. The smallest absolute Gasteiger partial charge is 0.139 e. The van der Waals surface area contributed by atoms with Gasteiger partial charge in [-0.15, -0.1) is 0 Å². The van der Waals surface area contributed by atoms with Crippen molar-refractivity contribution in [3.05, 3.63) is 28.2 Å². The van der Waals surface area contributed by atoms with E-state index in [1.807, 2.05) is 18.2 Å². The summed E-state index contributed by atoms with van der Waals surface area (Å²) in [6, 6.07) is 5.55. The van der Waals surface area contributed by atoms with Crippen molar-refractivity contribution >= 4 is 15.9 Å². The molecule has 0 heterocycles. The van der Waals surface area contributed by atoms with Crippen LogP contribution >= 0.6 is 15.9 Å². The fourth-order valence-electron chi connectivity index (χ4n) is 2.72. The van der Waals surface area contributed by atoms with E-state index in [0.29, 0.717) is 11.7 Å². The Labute approximate surface area is 122 Å². The molecule has 1 atom stereocenters. The van der Waals surface area contributed by atoms with Crippen LogP contribution in [0.1, 0.15) is 37.7 Å². The van der Waals surface area contributed by atoms with Crippen LogP contribution in [0, 0.1) is 5.92 Å². The average molecular weight is 329 g/mol. The van der Waals surface area contributed by atoms with Crippen LogP contribution in [-0.4, -0.2) is 22.9 Å². The van der Waals surface area contributed by atoms with E-state index in [9.17, 15) is 10.2 Å². The molecule has 0 saturated heterocycles. The lowest BCUT2D eigenvalue weighted by Gasteiger charge is -2.18. The van der Waals surface area contributed by atoms with Gasteiger partial charge in [0.15, 0.2) is 0 Å². The Morgan fingerprint density at radius 2 is 2.05 bits per heavy atom. The Balaban J connectivity index is 1.87. The summed E-state index contributed by atoms with van der Waals surface area (Å²) < 4.78 is 6.49. The molecule has 0 spiro atoms. The van der Waals surface area contributed by atoms with Crippen LogP contribution in [0.15, 0.2) is 22.7 Å². The summed E-state index contributed by atoms with van der Waals surface area (Å²) in [4.78, 5) is 0. The van der Waals surface area contributed by atoms with Crippen molar-refractivity contribution in [2.24, 2.45) is 5.92 Å². The molecule has 1 saturated carbocycles. The number of benzene rings is 1. The van der Waals surface area contributed by atoms with Crippen molar-refractivity contribution in [2.75, 3.05) is 6.61 Å². The molecule has 1 fully saturated rings. The maximum atomic E-state index is 10.0. The maximum absolute atomic E-state index is 10.0. The highest BCUT2D eigenvalue weighted by Crippen LogP contribution is 2.31. The number of ether oxygens (including phenoxy) is 1. The second-order valence-corrected chi connectivity index (χ2v) is 6.09. The van der Waals surface area contributed by atoms with Crippen molar-refractivity contribution in [1.29, 1.82) is 0 Å². The van der Waals surface area contributed by atoms with Gasteiger partial charge in [-0.3, -0.25) is 0 Å². The van der Waals surface area contributed by atoms with Gasteiger partial charge in [0.2, 0.25) is 0 Å². The molecule has 3 nitrogen and oxygen atoms in total. The molecule has 1 aromatic carbocycles. The van der Waals surface area contributed by atoms with E-state index in [1.54, 1.807) is 0 Å². The minimum absolute atomic E-state index is 0.0620. The zero-order chi connectivity index (χ0) is 13.7. The van der Waals surface area contributed by atoms with E-state index in [-0.39, 0.29) is 13.2 Å². The monoisotopic (exact) mass is 328 g/mol. The van der Waals surface area contributed by atoms with Gasteiger partial charge in [-0.05, 0) is 34.3 Å². The maximum Gasteiger partial charge on any atom is 0.139 e. The van der Waals surface area contributed by atoms with E-state index < -0.39 is 6.10 Å². The zero-order valence-corrected chi connectivity index (χ0v) is 12.6. The van der Waals surface area contributed by atoms with Crippen molar-refractivity contribution in [3.63, 3.8) is 0 Å². The number of aliphatic hydroxyl groups is 2. The van der Waals surface area contributed by atoms with Gasteiger partial charge in [0.05, 0.1) is 17.2 Å². The van der Waals surface area contributed by atoms with Gasteiger partial charge in [-0.25, -0.2) is 0 Å². The van der Waals surface area contributed by atoms with E-state index >= 15 is 0 Å². The van der Waals surface area contributed by atoms with Crippen LogP contribution in [-0.2, 0) is 6.61 Å². The first-order chi connectivity index (χ1) is 9.20. The van der Waals surface area contributed by atoms with Gasteiger partial charge in [0.25, 0.3) is 0 Å². The van der Waals surface area contributed by atoms with E-state index in [1.165, 1.54) is 25.7 Å². The fourth-order valence-corrected chi connectivity index (χ4v) is 3.24. The first kappa shape index (κ1) is 14.8. The lowest BCUT2D eigenvalue weighted by molar-refractivity contribution is 0.0840. The van der Waals surface area contributed by atoms with Gasteiger partial charge < -0.3 is 14.9 Å². The molecule has 0 aromatic heterocycles. The second-order valence-electron chi connectivity index (χ2n) is 5.24. The number of hydrogen-bond donors (Lipinski definition) is 2. The molecular weight excluding hydrogens is 308 g/mol. The van der Waals surface area contributed by atoms with Gasteiger partial charge >= 0.3 is 0 Å². The van der Waals surface area contributed by atoms with Crippen molar-refractivity contribution in [3.8, 4) is 5.75 Å². The van der Waals surface area contributed by atoms with Crippen LogP contribution in [0.2, 0.25) is 0 Å². The third-order valence-electron chi connectivity index (χ3n) is 3.72. The summed E-state index contributed by atoms with van der Waals surface area (Å²) in [5.74, 6) is 1.28. The number of rotatable bonds is 6. The van der Waals surface area contributed by atoms with Crippen molar-refractivity contribution < 1.29 is 14.9 Å². The molecule has 1 aromatic rings. The predicted octanol–water partition coefficient (Wildman–Crippen LogP) is 3.26. The molecule has 0 amide bonds. The van der Waals surface area contributed by atoms with Crippen molar-refractivity contribution in [2.45, 2.75) is 44.8 Å². The fraction of sp³-hybridized carbons (Fsp3) is 0.600. The Bertz CT molecular complexity index is 402. The Kier molecular flexibility index (Phi) is 5.67. The van der Waals surface area contributed by atoms with Crippen LogP contribution in [0.4, 0.5) is 0 Å². The SMILES string of the molecule is OCc1cccc(Br)c1OCC(O)CC1CCCC1. The summed E-state index contributed by atoms with van der Waals surface area (Å²) in [7, 11) is 0. The van der Waals surface area contributed by atoms with Crippen LogP contribution in [0.25, 0.3) is 0 Å². The lowest BCUT2D eigenvalue weighted by atomic mass is 10.0. The zero-order valence-electron chi connectivity index (χ0n) is 11.0. The number of para-hydroxylation sites is 1. The summed E-state index contributed by atoms with van der Waals surface area (Å²) in [6.07, 6.45) is 5.43. The Hall–Kier alpha value is -0.580. The minimum atomic E-state index is -0.429. The first-order valence-electron chi connectivity index (χ1n) is 6.90. The highest BCUT2D eigenvalue weighted by Gasteiger charge is 2.19. The number of aliphatic hydroxyl groups excluding tert-OH is 2. The molecule has 2 N–H and O–H groups in total. The highest BCUT2D eigenvalue weighted by molar-refractivity contribution is 9.10. The largest absolute Gasteiger partial charge is 0.489 e. The quantitative estimate of drug-likeness (QED) is 0.842. The summed E-state index contributed by atoms with van der Waals surface area (Å²) in [6.45, 7) is 0.222. The van der Waals surface area contributed by atoms with Crippen LogP contribution < -0.4 is 4.74 Å². The van der Waals surface area contributed by atoms with Crippen LogP contribution in [0.3, 0.4) is 0 Å². The first-order valence-corrected chi connectivity index (χ1v) is 7.69. The van der Waals surface area contributed by atoms with Gasteiger partial charge in [-0.2, -0.15) is 0 Å². The Morgan fingerprint density at radius 1 is 1.32 bits per heavy atom. The summed E-state index contributed by atoms with van der Waals surface area (Å²) in [5, 5.41) is 19.3. The van der Waals surface area contributed by atoms with Gasteiger partial charge in [-0.1, -0.05) is 37.8 Å². The summed E-state index contributed by atoms with van der Waals surface area (Å²) in [5.41, 5.74) is 0.738.